The number of nitrogens with one attached hydrogen (secondary N) is 1. The summed E-state index contributed by atoms with van der Waals surface area (Å²) >= 11 is 0. The Morgan fingerprint density at radius 1 is 1.16 bits per heavy atom. The Balaban J connectivity index is 1.60. The predicted molar refractivity (Wildman–Crippen MR) is 133 cm³/mol. The third-order valence-corrected chi connectivity index (χ3v) is 6.44. The van der Waals surface area contributed by atoms with Crippen LogP contribution in [0.5, 0.6) is 11.6 Å². The lowest BCUT2D eigenvalue weighted by Crippen LogP contribution is -2.43. The number of rotatable bonds is 5. The van der Waals surface area contributed by atoms with Crippen LogP contribution in [0.1, 0.15) is 25.3 Å². The Morgan fingerprint density at radius 3 is 2.68 bits per heavy atom. The second-order valence-electron chi connectivity index (χ2n) is 8.93. The van der Waals surface area contributed by atoms with Gasteiger partial charge >= 0.3 is 6.18 Å². The van der Waals surface area contributed by atoms with Gasteiger partial charge in [-0.05, 0) is 44.0 Å². The summed E-state index contributed by atoms with van der Waals surface area (Å²) in [5, 5.41) is 0. The van der Waals surface area contributed by atoms with Gasteiger partial charge in [0.15, 0.2) is 11.6 Å². The number of halogens is 3. The summed E-state index contributed by atoms with van der Waals surface area (Å²) in [5.41, 5.74) is 11.3. The van der Waals surface area contributed by atoms with Gasteiger partial charge in [0.05, 0.1) is 16.8 Å². The molecule has 1 amide bonds. The van der Waals surface area contributed by atoms with E-state index in [1.54, 1.807) is 23.1 Å². The number of para-hydroxylation sites is 1. The van der Waals surface area contributed by atoms with E-state index in [9.17, 15) is 22.8 Å². The number of hydrogen-bond acceptors (Lipinski definition) is 8. The number of benzene rings is 2. The third-order valence-electron chi connectivity index (χ3n) is 6.44. The molecule has 2 aromatic carbocycles. The van der Waals surface area contributed by atoms with E-state index >= 15 is 0 Å². The highest BCUT2D eigenvalue weighted by Gasteiger charge is 2.38. The van der Waals surface area contributed by atoms with Crippen LogP contribution in [-0.2, 0) is 11.0 Å². The van der Waals surface area contributed by atoms with E-state index in [1.807, 2.05) is 6.92 Å². The molecule has 10 nitrogen and oxygen atoms in total. The van der Waals surface area contributed by atoms with Gasteiger partial charge in [-0.15, -0.1) is 0 Å². The van der Waals surface area contributed by atoms with E-state index in [4.69, 9.17) is 16.2 Å². The Labute approximate surface area is 213 Å². The van der Waals surface area contributed by atoms with Crippen molar-refractivity contribution in [3.05, 3.63) is 64.7 Å². The predicted octanol–water partition coefficient (Wildman–Crippen LogP) is 3.62. The fourth-order valence-corrected chi connectivity index (χ4v) is 4.64. The Morgan fingerprint density at radius 2 is 1.95 bits per heavy atom. The van der Waals surface area contributed by atoms with Crippen LogP contribution in [0.25, 0.3) is 22.3 Å². The van der Waals surface area contributed by atoms with Crippen molar-refractivity contribution in [1.82, 2.24) is 19.9 Å². The molecule has 3 heterocycles. The second kappa shape index (κ2) is 9.32. The van der Waals surface area contributed by atoms with Crippen LogP contribution < -0.4 is 26.7 Å². The molecule has 5 N–H and O–H groups in total. The molecule has 0 bridgehead atoms. The van der Waals surface area contributed by atoms with Crippen molar-refractivity contribution in [2.75, 3.05) is 10.6 Å². The van der Waals surface area contributed by atoms with Crippen LogP contribution in [0.3, 0.4) is 0 Å². The first kappa shape index (κ1) is 25.0. The average Bonchev–Trinajstić information content (AvgIpc) is 3.26. The molecule has 0 saturated carbocycles. The van der Waals surface area contributed by atoms with Gasteiger partial charge in [-0.2, -0.15) is 13.2 Å². The summed E-state index contributed by atoms with van der Waals surface area (Å²) in [6, 6.07) is 8.59. The Hall–Kier alpha value is -4.68. The van der Waals surface area contributed by atoms with E-state index in [0.29, 0.717) is 23.9 Å². The van der Waals surface area contributed by atoms with Crippen LogP contribution in [-0.4, -0.2) is 37.9 Å². The largest absolute Gasteiger partial charge is 0.437 e. The number of nitrogens with zero attached hydrogens (tertiary/aromatic N) is 4. The molecule has 0 aliphatic carbocycles. The number of hydrogen-bond donors (Lipinski definition) is 3. The smallest absolute Gasteiger partial charge is 0.416 e. The molecule has 0 radical (unpaired) electrons. The Bertz CT molecular complexity index is 1610. The van der Waals surface area contributed by atoms with Gasteiger partial charge in [0.2, 0.25) is 11.8 Å². The maximum Gasteiger partial charge on any atom is 0.416 e. The summed E-state index contributed by atoms with van der Waals surface area (Å²) < 4.78 is 46.8. The highest BCUT2D eigenvalue weighted by atomic mass is 19.4. The van der Waals surface area contributed by atoms with Crippen LogP contribution in [0.4, 0.5) is 24.7 Å². The van der Waals surface area contributed by atoms with Gasteiger partial charge in [0, 0.05) is 23.4 Å². The lowest BCUT2D eigenvalue weighted by molar-refractivity contribution is -0.137. The molecule has 0 spiro atoms. The standard InChI is InChI=1S/C25H22F3N7O3/c1-12-5-8-17(23(30)36)35(12)18-9-13(25(26,27)28)6-7-14(18)16-10-20(32-11-31-16)38-19-4-2-3-15-21(19)34-22(29)24(37)33-15/h2-4,6-7,9-12,17H,5,8H2,1H3,(H2,29,34)(H2,30,36)(H,33,37)/t12-,17-/m0/s1. The van der Waals surface area contributed by atoms with Gasteiger partial charge in [-0.25, -0.2) is 15.0 Å². The number of carbonyl (C=O) groups is 1. The Kier molecular flexibility index (Phi) is 6.13. The summed E-state index contributed by atoms with van der Waals surface area (Å²) in [6.07, 6.45) is -2.38. The van der Waals surface area contributed by atoms with E-state index < -0.39 is 29.2 Å². The summed E-state index contributed by atoms with van der Waals surface area (Å²) in [7, 11) is 0. The lowest BCUT2D eigenvalue weighted by Gasteiger charge is -2.31. The summed E-state index contributed by atoms with van der Waals surface area (Å²) in [5.74, 6) is -0.550. The van der Waals surface area contributed by atoms with Crippen molar-refractivity contribution >= 4 is 28.4 Å². The zero-order chi connectivity index (χ0) is 27.2. The van der Waals surface area contributed by atoms with Gasteiger partial charge in [-0.1, -0.05) is 12.1 Å². The van der Waals surface area contributed by atoms with Gasteiger partial charge in [0.25, 0.3) is 5.56 Å². The molecule has 5 rings (SSSR count). The minimum atomic E-state index is -4.59. The van der Waals surface area contributed by atoms with E-state index in [1.165, 1.54) is 18.5 Å². The molecule has 1 aliphatic rings. The molecule has 196 valence electrons. The number of carbonyl (C=O) groups excluding carboxylic acids is 1. The number of aromatic amines is 1. The van der Waals surface area contributed by atoms with Crippen molar-refractivity contribution in [1.29, 1.82) is 0 Å². The molecule has 4 aromatic rings. The first-order valence-corrected chi connectivity index (χ1v) is 11.6. The number of alkyl halides is 3. The van der Waals surface area contributed by atoms with Crippen molar-refractivity contribution in [2.24, 2.45) is 5.73 Å². The van der Waals surface area contributed by atoms with Crippen LogP contribution in [0.2, 0.25) is 0 Å². The normalized spacial score (nSPS) is 17.6. The van der Waals surface area contributed by atoms with E-state index in [0.717, 1.165) is 12.1 Å². The van der Waals surface area contributed by atoms with Crippen LogP contribution >= 0.6 is 0 Å². The molecule has 2 atom stereocenters. The van der Waals surface area contributed by atoms with Crippen LogP contribution in [0.15, 0.2) is 53.6 Å². The monoisotopic (exact) mass is 525 g/mol. The topological polar surface area (TPSA) is 153 Å². The number of aromatic nitrogens is 4. The number of fused-ring (bicyclic) bond motifs is 1. The van der Waals surface area contributed by atoms with Crippen molar-refractivity contribution in [2.45, 2.75) is 38.0 Å². The first-order valence-electron chi connectivity index (χ1n) is 11.6. The van der Waals surface area contributed by atoms with Gasteiger partial charge < -0.3 is 26.1 Å². The fourth-order valence-electron chi connectivity index (χ4n) is 4.64. The third kappa shape index (κ3) is 4.58. The highest BCUT2D eigenvalue weighted by molar-refractivity contribution is 5.88. The molecular formula is C25H22F3N7O3. The number of H-pyrrole nitrogens is 1. The number of primary amides is 1. The van der Waals surface area contributed by atoms with Crippen molar-refractivity contribution in [3.63, 3.8) is 0 Å². The minimum Gasteiger partial charge on any atom is -0.437 e. The highest BCUT2D eigenvalue weighted by Crippen LogP contribution is 2.41. The average molecular weight is 525 g/mol. The summed E-state index contributed by atoms with van der Waals surface area (Å²) in [6.45, 7) is 1.82. The van der Waals surface area contributed by atoms with E-state index in [-0.39, 0.29) is 40.4 Å². The molecule has 2 aromatic heterocycles. The molecule has 1 fully saturated rings. The van der Waals surface area contributed by atoms with Gasteiger partial charge in [0.1, 0.15) is 17.9 Å². The minimum absolute atomic E-state index is 0.0702. The molecule has 1 aliphatic heterocycles. The molecular weight excluding hydrogens is 503 g/mol. The first-order chi connectivity index (χ1) is 18.0. The number of amides is 1. The lowest BCUT2D eigenvalue weighted by atomic mass is 10.0. The zero-order valence-electron chi connectivity index (χ0n) is 20.0. The number of nitrogen functional groups attached to an aromatic ring is 1. The molecule has 38 heavy (non-hydrogen) atoms. The maximum absolute atomic E-state index is 13.6. The second-order valence-corrected chi connectivity index (χ2v) is 8.93. The quantitative estimate of drug-likeness (QED) is 0.357. The van der Waals surface area contributed by atoms with Crippen molar-refractivity contribution < 1.29 is 22.7 Å². The molecule has 13 heteroatoms. The number of nitrogens with two attached hydrogens (primary N) is 2. The van der Waals surface area contributed by atoms with Gasteiger partial charge in [-0.3, -0.25) is 9.59 Å². The molecule has 1 saturated heterocycles. The number of anilines is 2. The fraction of sp³-hybridized carbons (Fsp3) is 0.240. The SMILES string of the molecule is C[C@H]1CC[C@@H](C(N)=O)N1c1cc(C(F)(F)F)ccc1-c1cc(Oc2cccc3[nH]c(=O)c(N)nc23)ncn1. The van der Waals surface area contributed by atoms with Crippen molar-refractivity contribution in [3.8, 4) is 22.9 Å². The maximum atomic E-state index is 13.6. The summed E-state index contributed by atoms with van der Waals surface area (Å²) in [4.78, 5) is 40.6. The number of ether oxygens (including phenoxy) is 1. The zero-order valence-corrected chi connectivity index (χ0v) is 20.0. The van der Waals surface area contributed by atoms with E-state index in [2.05, 4.69) is 19.9 Å². The van der Waals surface area contributed by atoms with Crippen LogP contribution in [0, 0.1) is 0 Å². The molecule has 0 unspecified atom stereocenters.